The summed E-state index contributed by atoms with van der Waals surface area (Å²) in [4.78, 5) is 1.21. The van der Waals surface area contributed by atoms with Crippen LogP contribution in [0.4, 0.5) is 0 Å². The molecule has 0 amide bonds. The molecule has 1 N–H and O–H groups in total. The van der Waals surface area contributed by atoms with E-state index in [1.165, 1.54) is 24.2 Å². The van der Waals surface area contributed by atoms with Gasteiger partial charge in [0.15, 0.2) is 0 Å². The van der Waals surface area contributed by atoms with Gasteiger partial charge in [-0.25, -0.2) is 0 Å². The molecule has 15 heavy (non-hydrogen) atoms. The van der Waals surface area contributed by atoms with Crippen molar-refractivity contribution in [2.75, 3.05) is 7.05 Å². The largest absolute Gasteiger partial charge is 0.316 e. The fraction of sp³-hybridized carbons (Fsp3) is 0.500. The van der Waals surface area contributed by atoms with Crippen LogP contribution >= 0.6 is 23.4 Å². The Kier molecular flexibility index (Phi) is 3.95. The van der Waals surface area contributed by atoms with Crippen LogP contribution in [0, 0.1) is 0 Å². The lowest BCUT2D eigenvalue weighted by molar-refractivity contribution is 0.591. The predicted octanol–water partition coefficient (Wildman–Crippen LogP) is 3.57. The zero-order valence-corrected chi connectivity index (χ0v) is 10.4. The van der Waals surface area contributed by atoms with E-state index in [4.69, 9.17) is 11.6 Å². The number of hydrogen-bond donors (Lipinski definition) is 1. The lowest BCUT2D eigenvalue weighted by atomic mass is 10.2. The molecule has 2 rings (SSSR count). The SMILES string of the molecule is CNC1CCCC1Sc1ccccc1Cl. The molecule has 1 aromatic rings. The number of thioether (sulfide) groups is 1. The molecule has 2 atom stereocenters. The summed E-state index contributed by atoms with van der Waals surface area (Å²) in [6.45, 7) is 0. The molecule has 0 bridgehead atoms. The van der Waals surface area contributed by atoms with Crippen LogP contribution in [0.5, 0.6) is 0 Å². The van der Waals surface area contributed by atoms with Crippen LogP contribution in [0.15, 0.2) is 29.2 Å². The Labute approximate surface area is 101 Å². The summed E-state index contributed by atoms with van der Waals surface area (Å²) in [7, 11) is 2.05. The predicted molar refractivity (Wildman–Crippen MR) is 67.8 cm³/mol. The number of benzene rings is 1. The minimum atomic E-state index is 0.645. The van der Waals surface area contributed by atoms with Crippen LogP contribution in [0.1, 0.15) is 19.3 Å². The van der Waals surface area contributed by atoms with E-state index in [0.29, 0.717) is 11.3 Å². The molecule has 0 aliphatic heterocycles. The second-order valence-electron chi connectivity index (χ2n) is 3.91. The average molecular weight is 242 g/mol. The minimum absolute atomic E-state index is 0.645. The summed E-state index contributed by atoms with van der Waals surface area (Å²) in [5.41, 5.74) is 0. The Hall–Kier alpha value is -0.180. The molecule has 1 nitrogen and oxygen atoms in total. The molecule has 82 valence electrons. The average Bonchev–Trinajstić information content (AvgIpc) is 2.69. The molecule has 0 radical (unpaired) electrons. The highest BCUT2D eigenvalue weighted by Gasteiger charge is 2.26. The first-order chi connectivity index (χ1) is 7.31. The van der Waals surface area contributed by atoms with Crippen molar-refractivity contribution >= 4 is 23.4 Å². The smallest absolute Gasteiger partial charge is 0.0541 e. The summed E-state index contributed by atoms with van der Waals surface area (Å²) in [6.07, 6.45) is 3.91. The summed E-state index contributed by atoms with van der Waals surface area (Å²) in [5, 5.41) is 4.94. The third-order valence-corrected chi connectivity index (χ3v) is 4.86. The fourth-order valence-corrected chi connectivity index (χ4v) is 3.75. The summed E-state index contributed by atoms with van der Waals surface area (Å²) in [5.74, 6) is 0. The van der Waals surface area contributed by atoms with E-state index in [-0.39, 0.29) is 0 Å². The van der Waals surface area contributed by atoms with Crippen LogP contribution in [0.2, 0.25) is 5.02 Å². The van der Waals surface area contributed by atoms with Crippen molar-refractivity contribution in [3.63, 3.8) is 0 Å². The Morgan fingerprint density at radius 3 is 2.87 bits per heavy atom. The Morgan fingerprint density at radius 2 is 2.13 bits per heavy atom. The minimum Gasteiger partial charge on any atom is -0.316 e. The summed E-state index contributed by atoms with van der Waals surface area (Å²) in [6, 6.07) is 8.76. The van der Waals surface area contributed by atoms with Crippen molar-refractivity contribution in [2.24, 2.45) is 0 Å². The zero-order chi connectivity index (χ0) is 10.7. The first-order valence-corrected chi connectivity index (χ1v) is 6.65. The first-order valence-electron chi connectivity index (χ1n) is 5.39. The molecule has 0 aromatic heterocycles. The maximum Gasteiger partial charge on any atom is 0.0541 e. The van der Waals surface area contributed by atoms with Crippen LogP contribution in [-0.4, -0.2) is 18.3 Å². The lowest BCUT2D eigenvalue weighted by Gasteiger charge is -2.18. The van der Waals surface area contributed by atoms with Crippen LogP contribution < -0.4 is 5.32 Å². The molecule has 1 saturated carbocycles. The Balaban J connectivity index is 2.05. The normalized spacial score (nSPS) is 25.7. The van der Waals surface area contributed by atoms with Crippen molar-refractivity contribution in [2.45, 2.75) is 35.4 Å². The van der Waals surface area contributed by atoms with E-state index in [9.17, 15) is 0 Å². The van der Waals surface area contributed by atoms with E-state index in [1.807, 2.05) is 23.9 Å². The third-order valence-electron chi connectivity index (χ3n) is 2.94. The van der Waals surface area contributed by atoms with Gasteiger partial charge in [0, 0.05) is 16.2 Å². The standard InChI is InChI=1S/C12H16ClNS/c1-14-10-6-4-8-12(10)15-11-7-3-2-5-9(11)13/h2-3,5,7,10,12,14H,4,6,8H2,1H3. The van der Waals surface area contributed by atoms with E-state index in [1.54, 1.807) is 0 Å². The van der Waals surface area contributed by atoms with Gasteiger partial charge in [-0.3, -0.25) is 0 Å². The quantitative estimate of drug-likeness (QED) is 0.868. The first kappa shape index (κ1) is 11.3. The molecule has 0 heterocycles. The number of nitrogens with one attached hydrogen (secondary N) is 1. The second kappa shape index (κ2) is 5.24. The van der Waals surface area contributed by atoms with Crippen LogP contribution in [0.25, 0.3) is 0 Å². The van der Waals surface area contributed by atoms with Gasteiger partial charge in [-0.1, -0.05) is 30.2 Å². The molecule has 1 fully saturated rings. The lowest BCUT2D eigenvalue weighted by Crippen LogP contribution is -2.30. The molecule has 0 spiro atoms. The van der Waals surface area contributed by atoms with Gasteiger partial charge in [0.05, 0.1) is 5.02 Å². The fourth-order valence-electron chi connectivity index (χ4n) is 2.10. The van der Waals surface area contributed by atoms with Crippen molar-refractivity contribution in [3.05, 3.63) is 29.3 Å². The Morgan fingerprint density at radius 1 is 1.33 bits per heavy atom. The van der Waals surface area contributed by atoms with Gasteiger partial charge < -0.3 is 5.32 Å². The van der Waals surface area contributed by atoms with Crippen LogP contribution in [-0.2, 0) is 0 Å². The number of rotatable bonds is 3. The van der Waals surface area contributed by atoms with E-state index < -0.39 is 0 Å². The van der Waals surface area contributed by atoms with Gasteiger partial charge in [0.1, 0.15) is 0 Å². The number of halogens is 1. The number of hydrogen-bond acceptors (Lipinski definition) is 2. The molecule has 0 saturated heterocycles. The van der Waals surface area contributed by atoms with Crippen LogP contribution in [0.3, 0.4) is 0 Å². The van der Waals surface area contributed by atoms with E-state index in [2.05, 4.69) is 24.5 Å². The highest BCUT2D eigenvalue weighted by molar-refractivity contribution is 8.00. The highest BCUT2D eigenvalue weighted by atomic mass is 35.5. The van der Waals surface area contributed by atoms with Gasteiger partial charge in [0.25, 0.3) is 0 Å². The van der Waals surface area contributed by atoms with E-state index in [0.717, 1.165) is 5.02 Å². The van der Waals surface area contributed by atoms with Gasteiger partial charge in [-0.05, 0) is 32.0 Å². The van der Waals surface area contributed by atoms with Gasteiger partial charge in [0.2, 0.25) is 0 Å². The maximum absolute atomic E-state index is 6.15. The van der Waals surface area contributed by atoms with Gasteiger partial charge in [-0.2, -0.15) is 0 Å². The Bertz CT molecular complexity index is 329. The molecular weight excluding hydrogens is 226 g/mol. The zero-order valence-electron chi connectivity index (χ0n) is 8.87. The van der Waals surface area contributed by atoms with Crippen molar-refractivity contribution < 1.29 is 0 Å². The van der Waals surface area contributed by atoms with E-state index >= 15 is 0 Å². The van der Waals surface area contributed by atoms with Crippen molar-refractivity contribution in [3.8, 4) is 0 Å². The molecule has 2 unspecified atom stereocenters. The molecule has 1 aliphatic carbocycles. The molecule has 1 aliphatic rings. The summed E-state index contributed by atoms with van der Waals surface area (Å²) >= 11 is 8.07. The maximum atomic E-state index is 6.15. The molecule has 1 aromatic carbocycles. The van der Waals surface area contributed by atoms with Crippen molar-refractivity contribution in [1.29, 1.82) is 0 Å². The molecular formula is C12H16ClNS. The van der Waals surface area contributed by atoms with Gasteiger partial charge in [-0.15, -0.1) is 11.8 Å². The second-order valence-corrected chi connectivity index (χ2v) is 5.60. The van der Waals surface area contributed by atoms with Gasteiger partial charge >= 0.3 is 0 Å². The molecule has 3 heteroatoms. The highest BCUT2D eigenvalue weighted by Crippen LogP contribution is 2.37. The monoisotopic (exact) mass is 241 g/mol. The van der Waals surface area contributed by atoms with Crippen molar-refractivity contribution in [1.82, 2.24) is 5.32 Å². The third kappa shape index (κ3) is 2.68. The summed E-state index contributed by atoms with van der Waals surface area (Å²) < 4.78 is 0. The topological polar surface area (TPSA) is 12.0 Å².